The van der Waals surface area contributed by atoms with Gasteiger partial charge in [-0.05, 0) is 30.0 Å². The Bertz CT molecular complexity index is 486. The Morgan fingerprint density at radius 2 is 2.18 bits per heavy atom. The molecule has 0 amide bonds. The van der Waals surface area contributed by atoms with Crippen molar-refractivity contribution in [1.29, 1.82) is 0 Å². The molecular formula is C14H19N3. The van der Waals surface area contributed by atoms with Crippen LogP contribution in [0.15, 0.2) is 36.8 Å². The lowest BCUT2D eigenvalue weighted by Gasteiger charge is -2.10. The van der Waals surface area contributed by atoms with Crippen LogP contribution in [0.1, 0.15) is 25.1 Å². The van der Waals surface area contributed by atoms with E-state index in [0.717, 1.165) is 17.7 Å². The largest absolute Gasteiger partial charge is 0.326 e. The molecule has 1 aromatic carbocycles. The van der Waals surface area contributed by atoms with E-state index in [1.54, 1.807) is 0 Å². The van der Waals surface area contributed by atoms with Crippen molar-refractivity contribution in [1.82, 2.24) is 9.55 Å². The first kappa shape index (κ1) is 11.9. The normalized spacial score (nSPS) is 11.1. The minimum atomic E-state index is 0.571. The zero-order valence-electron chi connectivity index (χ0n) is 10.4. The van der Waals surface area contributed by atoms with Crippen LogP contribution in [-0.2, 0) is 13.0 Å². The number of imidazole rings is 1. The molecule has 0 bridgehead atoms. The van der Waals surface area contributed by atoms with Crippen LogP contribution in [0.3, 0.4) is 0 Å². The van der Waals surface area contributed by atoms with Crippen molar-refractivity contribution in [3.8, 4) is 5.69 Å². The summed E-state index contributed by atoms with van der Waals surface area (Å²) in [7, 11) is 0. The van der Waals surface area contributed by atoms with Gasteiger partial charge in [-0.15, -0.1) is 0 Å². The van der Waals surface area contributed by atoms with E-state index in [9.17, 15) is 0 Å². The second-order valence-electron chi connectivity index (χ2n) is 4.73. The smallest absolute Gasteiger partial charge is 0.0994 e. The van der Waals surface area contributed by atoms with Crippen molar-refractivity contribution in [2.45, 2.75) is 26.8 Å². The topological polar surface area (TPSA) is 43.8 Å². The fourth-order valence-corrected chi connectivity index (χ4v) is 1.96. The molecule has 0 unspecified atom stereocenters. The molecule has 0 aliphatic heterocycles. The predicted octanol–water partition coefficient (Wildman–Crippen LogP) is 2.53. The van der Waals surface area contributed by atoms with Crippen molar-refractivity contribution < 1.29 is 0 Å². The van der Waals surface area contributed by atoms with Gasteiger partial charge >= 0.3 is 0 Å². The maximum absolute atomic E-state index is 5.67. The Hall–Kier alpha value is -1.61. The number of aromatic nitrogens is 2. The van der Waals surface area contributed by atoms with E-state index in [0.29, 0.717) is 12.5 Å². The van der Waals surface area contributed by atoms with E-state index >= 15 is 0 Å². The van der Waals surface area contributed by atoms with Gasteiger partial charge in [0.2, 0.25) is 0 Å². The highest BCUT2D eigenvalue weighted by Crippen LogP contribution is 2.15. The first-order valence-corrected chi connectivity index (χ1v) is 6.01. The molecule has 2 rings (SSSR count). The standard InChI is InChI=1S/C14H19N3/c1-11(2)6-14-9-16-10-17(14)13-5-3-4-12(7-13)8-15/h3-5,7,9-11H,6,8,15H2,1-2H3. The second kappa shape index (κ2) is 5.15. The van der Waals surface area contributed by atoms with Gasteiger partial charge in [0.1, 0.15) is 0 Å². The van der Waals surface area contributed by atoms with E-state index < -0.39 is 0 Å². The molecule has 3 nitrogen and oxygen atoms in total. The molecule has 2 N–H and O–H groups in total. The maximum Gasteiger partial charge on any atom is 0.0994 e. The monoisotopic (exact) mass is 229 g/mol. The SMILES string of the molecule is CC(C)Cc1cncn1-c1cccc(CN)c1. The lowest BCUT2D eigenvalue weighted by atomic mass is 10.1. The number of rotatable bonds is 4. The van der Waals surface area contributed by atoms with Crippen molar-refractivity contribution in [2.75, 3.05) is 0 Å². The summed E-state index contributed by atoms with van der Waals surface area (Å²) in [5.74, 6) is 0.628. The molecule has 0 aliphatic rings. The van der Waals surface area contributed by atoms with Crippen molar-refractivity contribution in [2.24, 2.45) is 11.7 Å². The molecule has 0 spiro atoms. The number of nitrogens with two attached hydrogens (primary N) is 1. The maximum atomic E-state index is 5.67. The van der Waals surface area contributed by atoms with Crippen LogP contribution in [0.4, 0.5) is 0 Å². The summed E-state index contributed by atoms with van der Waals surface area (Å²) < 4.78 is 2.14. The molecule has 90 valence electrons. The van der Waals surface area contributed by atoms with Gasteiger partial charge in [0.05, 0.1) is 6.33 Å². The number of hydrogen-bond donors (Lipinski definition) is 1. The van der Waals surface area contributed by atoms with E-state index in [1.807, 2.05) is 24.7 Å². The molecular weight excluding hydrogens is 210 g/mol. The minimum Gasteiger partial charge on any atom is -0.326 e. The third-order valence-electron chi connectivity index (χ3n) is 2.76. The highest BCUT2D eigenvalue weighted by Gasteiger charge is 2.06. The van der Waals surface area contributed by atoms with Crippen LogP contribution in [0.25, 0.3) is 5.69 Å². The lowest BCUT2D eigenvalue weighted by molar-refractivity contribution is 0.627. The van der Waals surface area contributed by atoms with Gasteiger partial charge in [-0.25, -0.2) is 4.98 Å². The highest BCUT2D eigenvalue weighted by molar-refractivity contribution is 5.37. The Morgan fingerprint density at radius 3 is 2.88 bits per heavy atom. The summed E-state index contributed by atoms with van der Waals surface area (Å²) in [4.78, 5) is 4.24. The number of hydrogen-bond acceptors (Lipinski definition) is 2. The van der Waals surface area contributed by atoms with Crippen LogP contribution in [0.2, 0.25) is 0 Å². The summed E-state index contributed by atoms with van der Waals surface area (Å²) in [6.45, 7) is 5.00. The molecule has 2 aromatic rings. The van der Waals surface area contributed by atoms with Gasteiger partial charge in [-0.1, -0.05) is 26.0 Å². The van der Waals surface area contributed by atoms with Crippen LogP contribution >= 0.6 is 0 Å². The summed E-state index contributed by atoms with van der Waals surface area (Å²) in [5.41, 5.74) is 9.20. The van der Waals surface area contributed by atoms with E-state index in [4.69, 9.17) is 5.73 Å². The van der Waals surface area contributed by atoms with E-state index in [2.05, 4.69) is 35.5 Å². The fraction of sp³-hybridized carbons (Fsp3) is 0.357. The third-order valence-corrected chi connectivity index (χ3v) is 2.76. The molecule has 17 heavy (non-hydrogen) atoms. The Labute approximate surface area is 102 Å². The summed E-state index contributed by atoms with van der Waals surface area (Å²) in [6.07, 6.45) is 4.84. The Kier molecular flexibility index (Phi) is 3.59. The average molecular weight is 229 g/mol. The van der Waals surface area contributed by atoms with Gasteiger partial charge in [-0.3, -0.25) is 0 Å². The predicted molar refractivity (Wildman–Crippen MR) is 70.0 cm³/mol. The molecule has 0 saturated heterocycles. The molecule has 0 atom stereocenters. The first-order valence-electron chi connectivity index (χ1n) is 6.01. The fourth-order valence-electron chi connectivity index (χ4n) is 1.96. The quantitative estimate of drug-likeness (QED) is 0.875. The average Bonchev–Trinajstić information content (AvgIpc) is 2.76. The summed E-state index contributed by atoms with van der Waals surface area (Å²) in [6, 6.07) is 8.29. The summed E-state index contributed by atoms with van der Waals surface area (Å²) >= 11 is 0. The zero-order valence-corrected chi connectivity index (χ0v) is 10.4. The van der Waals surface area contributed by atoms with Gasteiger partial charge in [0.25, 0.3) is 0 Å². The summed E-state index contributed by atoms with van der Waals surface area (Å²) in [5, 5.41) is 0. The lowest BCUT2D eigenvalue weighted by Crippen LogP contribution is -2.04. The van der Waals surface area contributed by atoms with Crippen LogP contribution in [0, 0.1) is 5.92 Å². The van der Waals surface area contributed by atoms with Gasteiger partial charge in [-0.2, -0.15) is 0 Å². The molecule has 1 heterocycles. The second-order valence-corrected chi connectivity index (χ2v) is 4.73. The van der Waals surface area contributed by atoms with Crippen LogP contribution in [0.5, 0.6) is 0 Å². The molecule has 0 radical (unpaired) electrons. The van der Waals surface area contributed by atoms with E-state index in [-0.39, 0.29) is 0 Å². The minimum absolute atomic E-state index is 0.571. The third kappa shape index (κ3) is 2.74. The van der Waals surface area contributed by atoms with Crippen LogP contribution in [-0.4, -0.2) is 9.55 Å². The van der Waals surface area contributed by atoms with Gasteiger partial charge in [0.15, 0.2) is 0 Å². The molecule has 0 fully saturated rings. The first-order chi connectivity index (χ1) is 8.20. The highest BCUT2D eigenvalue weighted by atomic mass is 15.0. The molecule has 1 aromatic heterocycles. The molecule has 0 saturated carbocycles. The Morgan fingerprint density at radius 1 is 1.35 bits per heavy atom. The number of benzene rings is 1. The van der Waals surface area contributed by atoms with Crippen LogP contribution < -0.4 is 5.73 Å². The van der Waals surface area contributed by atoms with Crippen molar-refractivity contribution in [3.63, 3.8) is 0 Å². The van der Waals surface area contributed by atoms with Crippen molar-refractivity contribution in [3.05, 3.63) is 48.0 Å². The number of nitrogens with zero attached hydrogens (tertiary/aromatic N) is 2. The van der Waals surface area contributed by atoms with E-state index in [1.165, 1.54) is 5.69 Å². The molecule has 3 heteroatoms. The Balaban J connectivity index is 2.35. The van der Waals surface area contributed by atoms with Gasteiger partial charge < -0.3 is 10.3 Å². The molecule has 0 aliphatic carbocycles. The van der Waals surface area contributed by atoms with Gasteiger partial charge in [0, 0.05) is 24.1 Å². The van der Waals surface area contributed by atoms with Crippen molar-refractivity contribution >= 4 is 0 Å². The zero-order chi connectivity index (χ0) is 12.3.